The van der Waals surface area contributed by atoms with Gasteiger partial charge in [-0.1, -0.05) is 18.2 Å². The molecule has 2 aromatic heterocycles. The highest BCUT2D eigenvalue weighted by Crippen LogP contribution is 2.41. The molecule has 0 N–H and O–H groups in total. The van der Waals surface area contributed by atoms with Crippen molar-refractivity contribution in [1.82, 2.24) is 20.0 Å². The average Bonchev–Trinajstić information content (AvgIpc) is 3.18. The lowest BCUT2D eigenvalue weighted by atomic mass is 10.1. The lowest BCUT2D eigenvalue weighted by Gasteiger charge is -2.20. The van der Waals surface area contributed by atoms with E-state index in [1.165, 1.54) is 0 Å². The number of ether oxygens (including phenoxy) is 3. The fourth-order valence-electron chi connectivity index (χ4n) is 3.34. The molecule has 3 aromatic rings. The molecule has 3 heterocycles. The summed E-state index contributed by atoms with van der Waals surface area (Å²) in [6, 6.07) is 7.76. The fraction of sp³-hybridized carbons (Fsp3) is 0.350. The molecule has 0 saturated carbocycles. The number of aryl methyl sites for hydroxylation is 1. The summed E-state index contributed by atoms with van der Waals surface area (Å²) in [5.74, 6) is 2.05. The molecule has 0 bridgehead atoms. The highest BCUT2D eigenvalue weighted by Gasteiger charge is 2.21. The Morgan fingerprint density at radius 1 is 1.22 bits per heavy atom. The Morgan fingerprint density at radius 3 is 2.70 bits per heavy atom. The molecule has 7 nitrogen and oxygen atoms in total. The molecule has 1 aliphatic heterocycles. The van der Waals surface area contributed by atoms with Gasteiger partial charge in [0.15, 0.2) is 11.5 Å². The Kier molecular flexibility index (Phi) is 4.66. The van der Waals surface area contributed by atoms with E-state index in [2.05, 4.69) is 35.2 Å². The van der Waals surface area contributed by atoms with Crippen LogP contribution in [0.15, 0.2) is 36.7 Å². The molecule has 1 atom stereocenters. The summed E-state index contributed by atoms with van der Waals surface area (Å²) in [7, 11) is 1.63. The number of pyridine rings is 1. The Morgan fingerprint density at radius 2 is 2.00 bits per heavy atom. The van der Waals surface area contributed by atoms with E-state index in [1.54, 1.807) is 7.11 Å². The number of nitrogens with zero attached hydrogens (tertiary/aromatic N) is 4. The molecule has 0 fully saturated rings. The minimum absolute atomic E-state index is 0.0238. The molecule has 140 valence electrons. The molecule has 1 aromatic carbocycles. The molecule has 1 unspecified atom stereocenters. The lowest BCUT2D eigenvalue weighted by molar-refractivity contribution is 0.171. The number of benzene rings is 1. The zero-order valence-corrected chi connectivity index (χ0v) is 15.7. The third kappa shape index (κ3) is 3.20. The summed E-state index contributed by atoms with van der Waals surface area (Å²) in [5.41, 5.74) is 3.68. The van der Waals surface area contributed by atoms with Gasteiger partial charge in [-0.05, 0) is 31.0 Å². The maximum absolute atomic E-state index is 5.70. The normalized spacial score (nSPS) is 14.0. The molecule has 0 aliphatic carbocycles. The van der Waals surface area contributed by atoms with Crippen molar-refractivity contribution in [3.63, 3.8) is 0 Å². The van der Waals surface area contributed by atoms with Gasteiger partial charge in [-0.15, -0.1) is 5.10 Å². The molecule has 7 heteroatoms. The second-order valence-corrected chi connectivity index (χ2v) is 6.41. The molecule has 0 spiro atoms. The molecular weight excluding hydrogens is 344 g/mol. The van der Waals surface area contributed by atoms with Crippen LogP contribution in [-0.2, 0) is 0 Å². The predicted octanol–water partition coefficient (Wildman–Crippen LogP) is 3.43. The van der Waals surface area contributed by atoms with Crippen molar-refractivity contribution in [3.05, 3.63) is 47.9 Å². The smallest absolute Gasteiger partial charge is 0.165 e. The van der Waals surface area contributed by atoms with Gasteiger partial charge in [0.2, 0.25) is 0 Å². The van der Waals surface area contributed by atoms with E-state index < -0.39 is 0 Å². The number of fused-ring (bicyclic) bond motifs is 1. The third-order valence-electron chi connectivity index (χ3n) is 4.72. The van der Waals surface area contributed by atoms with E-state index in [0.717, 1.165) is 28.9 Å². The predicted molar refractivity (Wildman–Crippen MR) is 100 cm³/mol. The Labute approximate surface area is 157 Å². The summed E-state index contributed by atoms with van der Waals surface area (Å²) in [4.78, 5) is 4.55. The second kappa shape index (κ2) is 7.26. The van der Waals surface area contributed by atoms with Crippen LogP contribution in [0, 0.1) is 6.92 Å². The zero-order chi connectivity index (χ0) is 18.8. The minimum atomic E-state index is 0.0238. The van der Waals surface area contributed by atoms with Crippen LogP contribution in [0.4, 0.5) is 0 Å². The van der Waals surface area contributed by atoms with E-state index in [1.807, 2.05) is 35.3 Å². The number of hydrogen-bond donors (Lipinski definition) is 0. The molecule has 4 rings (SSSR count). The van der Waals surface area contributed by atoms with Crippen molar-refractivity contribution in [1.29, 1.82) is 0 Å². The van der Waals surface area contributed by atoms with Crippen LogP contribution in [0.1, 0.15) is 30.6 Å². The van der Waals surface area contributed by atoms with Crippen molar-refractivity contribution in [2.45, 2.75) is 26.3 Å². The maximum atomic E-state index is 5.70. The molecule has 0 saturated heterocycles. The van der Waals surface area contributed by atoms with E-state index in [-0.39, 0.29) is 6.04 Å². The van der Waals surface area contributed by atoms with Crippen molar-refractivity contribution < 1.29 is 14.2 Å². The molecule has 0 radical (unpaired) electrons. The maximum Gasteiger partial charge on any atom is 0.165 e. The number of aromatic nitrogens is 4. The van der Waals surface area contributed by atoms with Gasteiger partial charge in [0.1, 0.15) is 24.7 Å². The number of hydrogen-bond acceptors (Lipinski definition) is 6. The van der Waals surface area contributed by atoms with E-state index in [0.29, 0.717) is 30.5 Å². The van der Waals surface area contributed by atoms with E-state index >= 15 is 0 Å². The van der Waals surface area contributed by atoms with Crippen LogP contribution in [0.25, 0.3) is 11.3 Å². The third-order valence-corrected chi connectivity index (χ3v) is 4.72. The average molecular weight is 366 g/mol. The monoisotopic (exact) mass is 366 g/mol. The van der Waals surface area contributed by atoms with Crippen LogP contribution >= 0.6 is 0 Å². The SMILES string of the molecule is CCC(c1ncccc1C)n1cc(-c2cc3c(cc2OC)OCCO3)nn1. The van der Waals surface area contributed by atoms with Gasteiger partial charge in [-0.3, -0.25) is 4.98 Å². The van der Waals surface area contributed by atoms with Crippen LogP contribution < -0.4 is 14.2 Å². The molecule has 1 aliphatic rings. The summed E-state index contributed by atoms with van der Waals surface area (Å²) in [5, 5.41) is 8.74. The molecule has 0 amide bonds. The first-order valence-corrected chi connectivity index (χ1v) is 9.02. The highest BCUT2D eigenvalue weighted by atomic mass is 16.6. The van der Waals surface area contributed by atoms with Crippen LogP contribution in [0.3, 0.4) is 0 Å². The lowest BCUT2D eigenvalue weighted by Crippen LogP contribution is -2.15. The number of methoxy groups -OCH3 is 1. The Bertz CT molecular complexity index is 954. The quantitative estimate of drug-likeness (QED) is 0.689. The van der Waals surface area contributed by atoms with Gasteiger partial charge >= 0.3 is 0 Å². The van der Waals surface area contributed by atoms with Crippen molar-refractivity contribution in [2.75, 3.05) is 20.3 Å². The summed E-state index contributed by atoms with van der Waals surface area (Å²) in [6.45, 7) is 5.24. The molecular formula is C20H22N4O3. The summed E-state index contributed by atoms with van der Waals surface area (Å²) >= 11 is 0. The Balaban J connectivity index is 1.73. The first-order chi connectivity index (χ1) is 13.2. The van der Waals surface area contributed by atoms with Crippen molar-refractivity contribution in [2.24, 2.45) is 0 Å². The fourth-order valence-corrected chi connectivity index (χ4v) is 3.34. The van der Waals surface area contributed by atoms with Crippen LogP contribution in [0.2, 0.25) is 0 Å². The van der Waals surface area contributed by atoms with E-state index in [9.17, 15) is 0 Å². The largest absolute Gasteiger partial charge is 0.496 e. The van der Waals surface area contributed by atoms with Gasteiger partial charge in [0.25, 0.3) is 0 Å². The standard InChI is InChI=1S/C20H22N4O3/c1-4-16(20-13(2)6-5-7-21-20)24-12-15(22-23-24)14-10-18-19(11-17(14)25-3)27-9-8-26-18/h5-7,10-12,16H,4,8-9H2,1-3H3. The Hall–Kier alpha value is -3.09. The summed E-state index contributed by atoms with van der Waals surface area (Å²) in [6.07, 6.45) is 4.60. The zero-order valence-electron chi connectivity index (χ0n) is 15.7. The number of rotatable bonds is 5. The van der Waals surface area contributed by atoms with Gasteiger partial charge in [-0.25, -0.2) is 4.68 Å². The first kappa shape index (κ1) is 17.3. The van der Waals surface area contributed by atoms with Crippen molar-refractivity contribution >= 4 is 0 Å². The minimum Gasteiger partial charge on any atom is -0.496 e. The summed E-state index contributed by atoms with van der Waals surface area (Å²) < 4.78 is 18.7. The highest BCUT2D eigenvalue weighted by molar-refractivity contribution is 5.71. The van der Waals surface area contributed by atoms with Gasteiger partial charge < -0.3 is 14.2 Å². The van der Waals surface area contributed by atoms with Gasteiger partial charge in [-0.2, -0.15) is 0 Å². The second-order valence-electron chi connectivity index (χ2n) is 6.41. The van der Waals surface area contributed by atoms with Crippen molar-refractivity contribution in [3.8, 4) is 28.5 Å². The molecule has 27 heavy (non-hydrogen) atoms. The first-order valence-electron chi connectivity index (χ1n) is 9.02. The van der Waals surface area contributed by atoms with Crippen LogP contribution in [0.5, 0.6) is 17.2 Å². The van der Waals surface area contributed by atoms with Gasteiger partial charge in [0.05, 0.1) is 25.0 Å². The van der Waals surface area contributed by atoms with Crippen LogP contribution in [-0.4, -0.2) is 40.3 Å². The topological polar surface area (TPSA) is 71.3 Å². The van der Waals surface area contributed by atoms with Gasteiger partial charge in [0, 0.05) is 17.8 Å². The van der Waals surface area contributed by atoms with E-state index in [4.69, 9.17) is 14.2 Å².